The molecule has 1 aromatic rings. The number of hydrogen-bond acceptors (Lipinski definition) is 8. The van der Waals surface area contributed by atoms with E-state index in [4.69, 9.17) is 0 Å². The molecule has 12 nitrogen and oxygen atoms in total. The predicted molar refractivity (Wildman–Crippen MR) is 136 cm³/mol. The highest BCUT2D eigenvalue weighted by molar-refractivity contribution is 6.24. The van der Waals surface area contributed by atoms with Crippen molar-refractivity contribution in [2.24, 2.45) is 0 Å². The number of anilines is 2. The molecule has 1 aromatic carbocycles. The summed E-state index contributed by atoms with van der Waals surface area (Å²) in [6, 6.07) is 3.42. The van der Waals surface area contributed by atoms with Gasteiger partial charge in [-0.05, 0) is 62.8 Å². The topological polar surface area (TPSA) is 157 Å². The molecule has 12 heteroatoms. The van der Waals surface area contributed by atoms with Crippen molar-refractivity contribution in [3.8, 4) is 0 Å². The number of carbonyl (C=O) groups is 6. The molecule has 4 fully saturated rings. The minimum absolute atomic E-state index is 0.0600. The average molecular weight is 525 g/mol. The molecule has 0 radical (unpaired) electrons. The monoisotopic (exact) mass is 524 g/mol. The van der Waals surface area contributed by atoms with Crippen LogP contribution in [0.3, 0.4) is 0 Å². The van der Waals surface area contributed by atoms with Crippen LogP contribution in [0.15, 0.2) is 24.3 Å². The quantitative estimate of drug-likeness (QED) is 0.362. The Kier molecular flexibility index (Phi) is 7.52. The summed E-state index contributed by atoms with van der Waals surface area (Å²) in [6.07, 6.45) is 4.49. The smallest absolute Gasteiger partial charge is 0.251 e. The summed E-state index contributed by atoms with van der Waals surface area (Å²) in [7, 11) is 0. The molecule has 6 amide bonds. The molecule has 4 saturated heterocycles. The van der Waals surface area contributed by atoms with Crippen LogP contribution in [0.25, 0.3) is 0 Å². The van der Waals surface area contributed by atoms with Gasteiger partial charge < -0.3 is 10.6 Å². The van der Waals surface area contributed by atoms with E-state index in [-0.39, 0.29) is 24.7 Å². The van der Waals surface area contributed by atoms with Crippen LogP contribution in [0.1, 0.15) is 51.4 Å². The Morgan fingerprint density at radius 1 is 0.579 bits per heavy atom. The summed E-state index contributed by atoms with van der Waals surface area (Å²) >= 11 is 0. The molecule has 0 saturated carbocycles. The van der Waals surface area contributed by atoms with Crippen LogP contribution in [0.2, 0.25) is 0 Å². The number of hydrogen-bond donors (Lipinski definition) is 4. The summed E-state index contributed by atoms with van der Waals surface area (Å²) in [5.74, 6) is -2.02. The summed E-state index contributed by atoms with van der Waals surface area (Å²) in [6.45, 7) is 1.20. The Balaban J connectivity index is 1.25. The number of carbonyl (C=O) groups excluding carboxylic acids is 6. The minimum atomic E-state index is -0.800. The second-order valence-corrected chi connectivity index (χ2v) is 10.2. The van der Waals surface area contributed by atoms with E-state index in [1.165, 1.54) is 24.3 Å². The first-order valence-electron chi connectivity index (χ1n) is 13.2. The van der Waals surface area contributed by atoms with E-state index in [2.05, 4.69) is 21.3 Å². The SMILES string of the molecule is O=C1NCCCC[C@H]1N[C@@H]1CC(=O)N(c2ccc(N3C(=O)C[C@@H](N[C@@H]4CCCCNC4=O)C3=O)cc2)C1=O. The molecule has 4 N–H and O–H groups in total. The molecular formula is C26H32N6O6. The standard InChI is InChI=1S/C26H32N6O6/c33-21-13-19(29-17-5-1-3-11-27-23(17)35)25(37)31(21)15-7-9-16(10-8-15)32-22(34)14-20(26(32)38)30-18-6-2-4-12-28-24(18)36/h7-10,17-20,29-30H,1-6,11-14H2,(H,27,35)(H,28,36)/t17-,18-,19-,20-/m1/s1. The molecular weight excluding hydrogens is 492 g/mol. The van der Waals surface area contributed by atoms with Crippen molar-refractivity contribution < 1.29 is 28.8 Å². The third kappa shape index (κ3) is 5.18. The fourth-order valence-electron chi connectivity index (χ4n) is 5.50. The van der Waals surface area contributed by atoms with Gasteiger partial charge in [-0.3, -0.25) is 39.4 Å². The number of rotatable bonds is 6. The van der Waals surface area contributed by atoms with Gasteiger partial charge in [-0.15, -0.1) is 0 Å². The van der Waals surface area contributed by atoms with Gasteiger partial charge in [0.15, 0.2) is 0 Å². The van der Waals surface area contributed by atoms with E-state index in [0.717, 1.165) is 35.5 Å². The van der Waals surface area contributed by atoms with Crippen LogP contribution in [-0.4, -0.2) is 72.7 Å². The van der Waals surface area contributed by atoms with Crippen molar-refractivity contribution in [3.05, 3.63) is 24.3 Å². The Hall–Kier alpha value is -3.64. The maximum atomic E-state index is 13.1. The molecule has 0 aromatic heterocycles. The van der Waals surface area contributed by atoms with Gasteiger partial charge in [0.2, 0.25) is 23.6 Å². The van der Waals surface area contributed by atoms with Crippen molar-refractivity contribution in [2.75, 3.05) is 22.9 Å². The molecule has 4 aliphatic rings. The molecule has 4 aliphatic heterocycles. The lowest BCUT2D eigenvalue weighted by molar-refractivity contribution is -0.125. The number of benzene rings is 1. The van der Waals surface area contributed by atoms with Crippen LogP contribution in [0.5, 0.6) is 0 Å². The third-order valence-electron chi connectivity index (χ3n) is 7.53. The zero-order valence-corrected chi connectivity index (χ0v) is 21.0. The van der Waals surface area contributed by atoms with Gasteiger partial charge in [0.1, 0.15) is 0 Å². The van der Waals surface area contributed by atoms with Crippen molar-refractivity contribution in [1.82, 2.24) is 21.3 Å². The van der Waals surface area contributed by atoms with E-state index in [1.54, 1.807) is 0 Å². The average Bonchev–Trinajstić information content (AvgIpc) is 3.12. The molecule has 0 spiro atoms. The molecule has 202 valence electrons. The van der Waals surface area contributed by atoms with Gasteiger partial charge in [-0.1, -0.05) is 0 Å². The number of nitrogens with one attached hydrogen (secondary N) is 4. The van der Waals surface area contributed by atoms with Crippen LogP contribution in [-0.2, 0) is 28.8 Å². The largest absolute Gasteiger partial charge is 0.355 e. The molecule has 4 heterocycles. The molecule has 4 atom stereocenters. The molecule has 0 bridgehead atoms. The summed E-state index contributed by atoms with van der Waals surface area (Å²) < 4.78 is 0. The highest BCUT2D eigenvalue weighted by Gasteiger charge is 2.43. The van der Waals surface area contributed by atoms with Crippen LogP contribution in [0, 0.1) is 0 Å². The Morgan fingerprint density at radius 2 is 0.974 bits per heavy atom. The Labute approximate surface area is 219 Å². The van der Waals surface area contributed by atoms with Gasteiger partial charge in [0.25, 0.3) is 11.8 Å². The van der Waals surface area contributed by atoms with Gasteiger partial charge in [-0.2, -0.15) is 0 Å². The fourth-order valence-corrected chi connectivity index (χ4v) is 5.50. The van der Waals surface area contributed by atoms with Gasteiger partial charge >= 0.3 is 0 Å². The van der Waals surface area contributed by atoms with E-state index >= 15 is 0 Å². The zero-order valence-electron chi connectivity index (χ0n) is 21.0. The Bertz CT molecular complexity index is 1060. The number of imide groups is 2. The first kappa shape index (κ1) is 26.0. The fraction of sp³-hybridized carbons (Fsp3) is 0.538. The lowest BCUT2D eigenvalue weighted by Gasteiger charge is -2.21. The van der Waals surface area contributed by atoms with E-state index < -0.39 is 47.8 Å². The summed E-state index contributed by atoms with van der Waals surface area (Å²) in [4.78, 5) is 78.2. The molecule has 38 heavy (non-hydrogen) atoms. The van der Waals surface area contributed by atoms with E-state index in [1.807, 2.05) is 0 Å². The molecule has 0 unspecified atom stereocenters. The van der Waals surface area contributed by atoms with Gasteiger partial charge in [-0.25, -0.2) is 9.80 Å². The van der Waals surface area contributed by atoms with Crippen molar-refractivity contribution in [2.45, 2.75) is 75.5 Å². The normalized spacial score (nSPS) is 28.8. The Morgan fingerprint density at radius 3 is 1.37 bits per heavy atom. The van der Waals surface area contributed by atoms with E-state index in [0.29, 0.717) is 37.3 Å². The predicted octanol–water partition coefficient (Wildman–Crippen LogP) is -0.533. The van der Waals surface area contributed by atoms with Gasteiger partial charge in [0, 0.05) is 13.1 Å². The maximum Gasteiger partial charge on any atom is 0.251 e. The van der Waals surface area contributed by atoms with E-state index in [9.17, 15) is 28.8 Å². The number of nitrogens with zero attached hydrogens (tertiary/aromatic N) is 2. The van der Waals surface area contributed by atoms with Crippen LogP contribution >= 0.6 is 0 Å². The lowest BCUT2D eigenvalue weighted by Crippen LogP contribution is -2.50. The third-order valence-corrected chi connectivity index (χ3v) is 7.53. The van der Waals surface area contributed by atoms with Crippen LogP contribution < -0.4 is 31.1 Å². The highest BCUT2D eigenvalue weighted by Crippen LogP contribution is 2.29. The van der Waals surface area contributed by atoms with Crippen LogP contribution in [0.4, 0.5) is 11.4 Å². The zero-order chi connectivity index (χ0) is 26.8. The second-order valence-electron chi connectivity index (χ2n) is 10.2. The first-order valence-corrected chi connectivity index (χ1v) is 13.2. The molecule has 0 aliphatic carbocycles. The molecule has 5 rings (SSSR count). The number of amides is 6. The maximum absolute atomic E-state index is 13.1. The highest BCUT2D eigenvalue weighted by atomic mass is 16.2. The summed E-state index contributed by atoms with van der Waals surface area (Å²) in [5, 5.41) is 11.7. The second kappa shape index (κ2) is 11.0. The van der Waals surface area contributed by atoms with Crippen molar-refractivity contribution >= 4 is 46.8 Å². The van der Waals surface area contributed by atoms with Crippen molar-refractivity contribution in [3.63, 3.8) is 0 Å². The van der Waals surface area contributed by atoms with Crippen molar-refractivity contribution in [1.29, 1.82) is 0 Å². The minimum Gasteiger partial charge on any atom is -0.355 e. The summed E-state index contributed by atoms with van der Waals surface area (Å²) in [5.41, 5.74) is 0.643. The lowest BCUT2D eigenvalue weighted by atomic mass is 10.1. The van der Waals surface area contributed by atoms with Gasteiger partial charge in [0.05, 0.1) is 48.4 Å². The first-order chi connectivity index (χ1) is 18.3.